The fourth-order valence-electron chi connectivity index (χ4n) is 2.49. The molecule has 0 aliphatic heterocycles. The molecule has 1 N–H and O–H groups in total. The average molecular weight is 399 g/mol. The number of rotatable bonds is 6. The van der Waals surface area contributed by atoms with E-state index in [9.17, 15) is 18.5 Å². The zero-order valence-corrected chi connectivity index (χ0v) is 15.9. The maximum Gasteiger partial charge on any atom is 0.276 e. The first-order chi connectivity index (χ1) is 13.3. The van der Waals surface area contributed by atoms with E-state index in [1.807, 2.05) is 22.9 Å². The highest BCUT2D eigenvalue weighted by atomic mass is 32.2. The number of benzene rings is 2. The van der Waals surface area contributed by atoms with Crippen molar-refractivity contribution >= 4 is 21.4 Å². The van der Waals surface area contributed by atoms with Crippen LogP contribution in [0.15, 0.2) is 71.2 Å². The van der Waals surface area contributed by atoms with Crippen LogP contribution in [0.1, 0.15) is 18.1 Å². The van der Waals surface area contributed by atoms with Gasteiger partial charge in [-0.2, -0.15) is 18.4 Å². The summed E-state index contributed by atoms with van der Waals surface area (Å²) in [5.41, 5.74) is 2.19. The summed E-state index contributed by atoms with van der Waals surface area (Å²) in [4.78, 5) is 16.3. The number of sulfonamides is 1. The Labute approximate surface area is 161 Å². The van der Waals surface area contributed by atoms with Crippen LogP contribution in [0.2, 0.25) is 0 Å². The predicted octanol–water partition coefficient (Wildman–Crippen LogP) is 2.79. The molecule has 0 fully saturated rings. The van der Waals surface area contributed by atoms with Gasteiger partial charge in [0.1, 0.15) is 0 Å². The van der Waals surface area contributed by atoms with Crippen LogP contribution < -0.4 is 4.83 Å². The number of aromatic nitrogens is 2. The summed E-state index contributed by atoms with van der Waals surface area (Å²) in [7, 11) is -4.03. The van der Waals surface area contributed by atoms with Crippen molar-refractivity contribution in [3.63, 3.8) is 0 Å². The van der Waals surface area contributed by atoms with Gasteiger partial charge < -0.3 is 4.57 Å². The molecule has 3 aromatic rings. The van der Waals surface area contributed by atoms with Crippen molar-refractivity contribution in [3.05, 3.63) is 82.4 Å². The van der Waals surface area contributed by atoms with Crippen molar-refractivity contribution in [1.82, 2.24) is 14.4 Å². The van der Waals surface area contributed by atoms with E-state index in [4.69, 9.17) is 0 Å². The summed E-state index contributed by atoms with van der Waals surface area (Å²) in [6, 6.07) is 11.0. The van der Waals surface area contributed by atoms with Crippen molar-refractivity contribution < 1.29 is 13.3 Å². The second kappa shape index (κ2) is 7.61. The van der Waals surface area contributed by atoms with E-state index < -0.39 is 14.9 Å². The maximum absolute atomic E-state index is 12.4. The predicted molar refractivity (Wildman–Crippen MR) is 104 cm³/mol. The molecule has 9 nitrogen and oxygen atoms in total. The van der Waals surface area contributed by atoms with Crippen LogP contribution in [0.4, 0.5) is 5.69 Å². The number of nitrogens with zero attached hydrogens (tertiary/aromatic N) is 4. The van der Waals surface area contributed by atoms with Crippen LogP contribution in [0.5, 0.6) is 0 Å². The molecule has 10 heteroatoms. The zero-order chi connectivity index (χ0) is 20.3. The molecule has 1 aromatic heterocycles. The highest BCUT2D eigenvalue weighted by Gasteiger charge is 2.19. The molecule has 3 rings (SSSR count). The number of hydrogen-bond donors (Lipinski definition) is 1. The summed E-state index contributed by atoms with van der Waals surface area (Å²) in [6.45, 7) is 3.20. The third kappa shape index (κ3) is 4.07. The van der Waals surface area contributed by atoms with Crippen LogP contribution in [0, 0.1) is 17.0 Å². The molecule has 0 amide bonds. The number of nitro groups is 1. The number of aryl methyl sites for hydroxylation is 1. The van der Waals surface area contributed by atoms with Crippen molar-refractivity contribution in [3.8, 4) is 5.69 Å². The van der Waals surface area contributed by atoms with Crippen molar-refractivity contribution in [2.24, 2.45) is 5.10 Å². The first-order valence-corrected chi connectivity index (χ1v) is 9.66. The van der Waals surface area contributed by atoms with Gasteiger partial charge in [0.15, 0.2) is 0 Å². The van der Waals surface area contributed by atoms with Crippen LogP contribution in [-0.2, 0) is 10.0 Å². The summed E-state index contributed by atoms with van der Waals surface area (Å²) in [5.74, 6) is 0. The largest absolute Gasteiger partial charge is 0.306 e. The van der Waals surface area contributed by atoms with Gasteiger partial charge in [0, 0.05) is 29.7 Å². The minimum absolute atomic E-state index is 0.225. The second-order valence-corrected chi connectivity index (χ2v) is 7.68. The van der Waals surface area contributed by atoms with Crippen molar-refractivity contribution in [1.29, 1.82) is 0 Å². The lowest BCUT2D eigenvalue weighted by atomic mass is 10.1. The normalized spacial score (nSPS) is 12.0. The molecule has 2 aromatic carbocycles. The van der Waals surface area contributed by atoms with Crippen molar-refractivity contribution in [2.75, 3.05) is 0 Å². The molecule has 0 bridgehead atoms. The van der Waals surface area contributed by atoms with Gasteiger partial charge in [-0.3, -0.25) is 10.1 Å². The summed E-state index contributed by atoms with van der Waals surface area (Å²) < 4.78 is 26.7. The molecule has 0 aliphatic rings. The first-order valence-electron chi connectivity index (χ1n) is 8.18. The lowest BCUT2D eigenvalue weighted by Gasteiger charge is -2.07. The van der Waals surface area contributed by atoms with E-state index in [1.54, 1.807) is 31.6 Å². The zero-order valence-electron chi connectivity index (χ0n) is 15.1. The number of nitro benzene ring substituents is 1. The van der Waals surface area contributed by atoms with E-state index in [1.165, 1.54) is 19.1 Å². The molecule has 1 heterocycles. The quantitative estimate of drug-likeness (QED) is 0.388. The molecule has 0 spiro atoms. The van der Waals surface area contributed by atoms with Gasteiger partial charge in [0.05, 0.1) is 21.9 Å². The number of hydrazone groups is 1. The van der Waals surface area contributed by atoms with Gasteiger partial charge in [-0.15, -0.1) is 0 Å². The lowest BCUT2D eigenvalue weighted by Crippen LogP contribution is -2.20. The van der Waals surface area contributed by atoms with E-state index in [0.29, 0.717) is 11.3 Å². The molecule has 0 atom stereocenters. The third-order valence-electron chi connectivity index (χ3n) is 4.11. The fourth-order valence-corrected chi connectivity index (χ4v) is 3.36. The highest BCUT2D eigenvalue weighted by molar-refractivity contribution is 7.89. The Morgan fingerprint density at radius 2 is 1.93 bits per heavy atom. The molecule has 0 saturated heterocycles. The van der Waals surface area contributed by atoms with Gasteiger partial charge in [-0.25, -0.2) is 4.98 Å². The number of imidazole rings is 1. The monoisotopic (exact) mass is 399 g/mol. The van der Waals surface area contributed by atoms with Crippen LogP contribution >= 0.6 is 0 Å². The van der Waals surface area contributed by atoms with E-state index in [2.05, 4.69) is 14.9 Å². The molecular weight excluding hydrogens is 382 g/mol. The van der Waals surface area contributed by atoms with Gasteiger partial charge >= 0.3 is 0 Å². The van der Waals surface area contributed by atoms with Gasteiger partial charge in [0.25, 0.3) is 15.7 Å². The molecule has 0 radical (unpaired) electrons. The minimum Gasteiger partial charge on any atom is -0.306 e. The SMILES string of the molecule is CC(=NNS(=O)(=O)c1ccc(C)c([N+](=O)[O-])c1)c1ccc(-n2ccnc2)cc1. The van der Waals surface area contributed by atoms with Crippen molar-refractivity contribution in [2.45, 2.75) is 18.7 Å². The van der Waals surface area contributed by atoms with Crippen LogP contribution in [-0.4, -0.2) is 28.6 Å². The Kier molecular flexibility index (Phi) is 5.23. The molecule has 0 aliphatic carbocycles. The smallest absolute Gasteiger partial charge is 0.276 e. The molecular formula is C18H17N5O4S. The Hall–Kier alpha value is -3.53. The Balaban J connectivity index is 1.80. The van der Waals surface area contributed by atoms with Crippen LogP contribution in [0.25, 0.3) is 5.69 Å². The topological polar surface area (TPSA) is 119 Å². The minimum atomic E-state index is -4.03. The Morgan fingerprint density at radius 1 is 1.21 bits per heavy atom. The Morgan fingerprint density at radius 3 is 2.54 bits per heavy atom. The first kappa shape index (κ1) is 19.2. The molecule has 0 saturated carbocycles. The standard InChI is InChI=1S/C18H17N5O4S/c1-13-3-8-17(11-18(13)23(24)25)28(26,27)21-20-14(2)15-4-6-16(7-5-15)22-10-9-19-12-22/h3-12,21H,1-2H3. The molecule has 28 heavy (non-hydrogen) atoms. The number of hydrogen-bond acceptors (Lipinski definition) is 6. The third-order valence-corrected chi connectivity index (χ3v) is 5.31. The summed E-state index contributed by atoms with van der Waals surface area (Å²) in [5, 5.41) is 14.9. The molecule has 0 unspecified atom stereocenters. The molecule has 144 valence electrons. The van der Waals surface area contributed by atoms with E-state index >= 15 is 0 Å². The van der Waals surface area contributed by atoms with Gasteiger partial charge in [-0.05, 0) is 37.6 Å². The van der Waals surface area contributed by atoms with Gasteiger partial charge in [0.2, 0.25) is 0 Å². The lowest BCUT2D eigenvalue weighted by molar-refractivity contribution is -0.385. The number of nitrogens with one attached hydrogen (secondary N) is 1. The van der Waals surface area contributed by atoms with Gasteiger partial charge in [-0.1, -0.05) is 18.2 Å². The second-order valence-electron chi connectivity index (χ2n) is 6.01. The average Bonchev–Trinajstić information content (AvgIpc) is 3.21. The van der Waals surface area contributed by atoms with E-state index in [-0.39, 0.29) is 10.6 Å². The van der Waals surface area contributed by atoms with Crippen LogP contribution in [0.3, 0.4) is 0 Å². The summed E-state index contributed by atoms with van der Waals surface area (Å²) >= 11 is 0. The highest BCUT2D eigenvalue weighted by Crippen LogP contribution is 2.22. The Bertz CT molecular complexity index is 1140. The van der Waals surface area contributed by atoms with E-state index in [0.717, 1.165) is 17.3 Å². The fraction of sp³-hybridized carbons (Fsp3) is 0.111. The summed E-state index contributed by atoms with van der Waals surface area (Å²) in [6.07, 6.45) is 5.15. The maximum atomic E-state index is 12.4.